The maximum absolute atomic E-state index is 12.4. The Balaban J connectivity index is 2.13. The Morgan fingerprint density at radius 1 is 1.13 bits per heavy atom. The van der Waals surface area contributed by atoms with Gasteiger partial charge in [0.2, 0.25) is 15.9 Å². The lowest BCUT2D eigenvalue weighted by atomic mass is 10.3. The molecule has 0 fully saturated rings. The second-order valence-electron chi connectivity index (χ2n) is 5.18. The molecule has 2 aromatic rings. The molecule has 1 aromatic carbocycles. The van der Waals surface area contributed by atoms with E-state index < -0.39 is 10.0 Å². The van der Waals surface area contributed by atoms with Crippen molar-refractivity contribution in [3.05, 3.63) is 60.4 Å². The zero-order chi connectivity index (χ0) is 16.9. The van der Waals surface area contributed by atoms with Crippen LogP contribution in [0.5, 0.6) is 0 Å². The molecule has 1 heterocycles. The quantitative estimate of drug-likeness (QED) is 0.803. The Labute approximate surface area is 136 Å². The summed E-state index contributed by atoms with van der Waals surface area (Å²) >= 11 is 0. The summed E-state index contributed by atoms with van der Waals surface area (Å²) < 4.78 is 25.1. The minimum absolute atomic E-state index is 0.112. The lowest BCUT2D eigenvalue weighted by Crippen LogP contribution is -2.40. The highest BCUT2D eigenvalue weighted by Gasteiger charge is 2.23. The van der Waals surface area contributed by atoms with Gasteiger partial charge in [-0.05, 0) is 23.8 Å². The summed E-state index contributed by atoms with van der Waals surface area (Å²) in [7, 11) is -1.89. The van der Waals surface area contributed by atoms with Crippen LogP contribution in [0.3, 0.4) is 0 Å². The van der Waals surface area contributed by atoms with Gasteiger partial charge in [-0.1, -0.05) is 24.3 Å². The fourth-order valence-corrected chi connectivity index (χ4v) is 2.77. The highest BCUT2D eigenvalue weighted by atomic mass is 32.2. The van der Waals surface area contributed by atoms with Gasteiger partial charge in [-0.3, -0.25) is 9.78 Å². The Morgan fingerprint density at radius 2 is 1.83 bits per heavy atom. The third-order valence-corrected chi connectivity index (χ3v) is 4.58. The monoisotopic (exact) mass is 333 g/mol. The molecule has 0 bridgehead atoms. The molecule has 0 saturated heterocycles. The summed E-state index contributed by atoms with van der Waals surface area (Å²) in [6.07, 6.45) is 4.30. The summed E-state index contributed by atoms with van der Waals surface area (Å²) in [6, 6.07) is 12.6. The average Bonchev–Trinajstić information content (AvgIpc) is 2.54. The maximum Gasteiger partial charge on any atom is 0.242 e. The van der Waals surface area contributed by atoms with Crippen molar-refractivity contribution in [3.63, 3.8) is 0 Å². The van der Waals surface area contributed by atoms with Gasteiger partial charge in [0.25, 0.3) is 0 Å². The van der Waals surface area contributed by atoms with Crippen LogP contribution >= 0.6 is 0 Å². The Kier molecular flexibility index (Phi) is 5.46. The first kappa shape index (κ1) is 17.1. The predicted octanol–water partition coefficient (Wildman–Crippen LogP) is 1.51. The van der Waals surface area contributed by atoms with Gasteiger partial charge in [0.1, 0.15) is 0 Å². The first-order valence-electron chi connectivity index (χ1n) is 7.03. The molecular weight excluding hydrogens is 314 g/mol. The van der Waals surface area contributed by atoms with Gasteiger partial charge in [0.15, 0.2) is 0 Å². The van der Waals surface area contributed by atoms with E-state index in [0.29, 0.717) is 5.69 Å². The summed E-state index contributed by atoms with van der Waals surface area (Å²) in [6.45, 7) is -0.111. The number of nitrogens with zero attached hydrogens (tertiary/aromatic N) is 3. The van der Waals surface area contributed by atoms with Gasteiger partial charge < -0.3 is 4.90 Å². The van der Waals surface area contributed by atoms with E-state index >= 15 is 0 Å². The number of hydrogen-bond acceptors (Lipinski definition) is 4. The van der Waals surface area contributed by atoms with Gasteiger partial charge in [0.05, 0.1) is 12.8 Å². The van der Waals surface area contributed by atoms with Crippen molar-refractivity contribution in [3.8, 4) is 0 Å². The second-order valence-corrected chi connectivity index (χ2v) is 7.16. The number of amides is 1. The Morgan fingerprint density at radius 3 is 2.39 bits per heavy atom. The molecule has 0 atom stereocenters. The molecule has 122 valence electrons. The van der Waals surface area contributed by atoms with E-state index in [4.69, 9.17) is 0 Å². The first-order chi connectivity index (χ1) is 10.9. The van der Waals surface area contributed by atoms with Crippen molar-refractivity contribution in [1.29, 1.82) is 0 Å². The van der Waals surface area contributed by atoms with E-state index in [-0.39, 0.29) is 19.0 Å². The molecule has 0 aliphatic rings. The molecule has 2 rings (SSSR count). The number of pyridine rings is 1. The van der Waals surface area contributed by atoms with Crippen molar-refractivity contribution in [1.82, 2.24) is 9.29 Å². The van der Waals surface area contributed by atoms with Gasteiger partial charge in [-0.15, -0.1) is 0 Å². The highest BCUT2D eigenvalue weighted by Crippen LogP contribution is 2.13. The zero-order valence-corrected chi connectivity index (χ0v) is 13.9. The normalized spacial score (nSPS) is 11.4. The lowest BCUT2D eigenvalue weighted by molar-refractivity contribution is -0.118. The van der Waals surface area contributed by atoms with E-state index in [9.17, 15) is 13.2 Å². The van der Waals surface area contributed by atoms with Crippen LogP contribution in [0.1, 0.15) is 5.56 Å². The van der Waals surface area contributed by atoms with E-state index in [0.717, 1.165) is 16.1 Å². The number of hydrogen-bond donors (Lipinski definition) is 0. The minimum atomic E-state index is -3.52. The summed E-state index contributed by atoms with van der Waals surface area (Å²) in [5.41, 5.74) is 1.44. The molecule has 0 spiro atoms. The number of rotatable bonds is 6. The van der Waals surface area contributed by atoms with Crippen LogP contribution in [-0.4, -0.2) is 43.5 Å². The van der Waals surface area contributed by atoms with E-state index in [2.05, 4.69) is 4.98 Å². The van der Waals surface area contributed by atoms with Crippen LogP contribution < -0.4 is 4.90 Å². The van der Waals surface area contributed by atoms with Crippen molar-refractivity contribution < 1.29 is 13.2 Å². The van der Waals surface area contributed by atoms with Crippen LogP contribution in [0.15, 0.2) is 54.9 Å². The van der Waals surface area contributed by atoms with Crippen LogP contribution in [0.25, 0.3) is 0 Å². The van der Waals surface area contributed by atoms with Crippen molar-refractivity contribution >= 4 is 21.6 Å². The number of benzene rings is 1. The molecule has 23 heavy (non-hydrogen) atoms. The molecule has 0 radical (unpaired) electrons. The van der Waals surface area contributed by atoms with Crippen LogP contribution in [0.4, 0.5) is 5.69 Å². The SMILES string of the molecule is CN(C(=O)CN(Cc1cccnc1)S(C)(=O)=O)c1ccccc1. The minimum Gasteiger partial charge on any atom is -0.314 e. The fourth-order valence-electron chi connectivity index (χ4n) is 2.04. The Bertz CT molecular complexity index is 749. The summed E-state index contributed by atoms with van der Waals surface area (Å²) in [4.78, 5) is 17.8. The lowest BCUT2D eigenvalue weighted by Gasteiger charge is -2.23. The average molecular weight is 333 g/mol. The van der Waals surface area contributed by atoms with Gasteiger partial charge in [0, 0.05) is 31.7 Å². The van der Waals surface area contributed by atoms with Gasteiger partial charge >= 0.3 is 0 Å². The molecule has 7 heteroatoms. The molecule has 0 saturated carbocycles. The summed E-state index contributed by atoms with van der Waals surface area (Å²) in [5.74, 6) is -0.300. The number of carbonyl (C=O) groups is 1. The highest BCUT2D eigenvalue weighted by molar-refractivity contribution is 7.88. The van der Waals surface area contributed by atoms with E-state index in [1.165, 1.54) is 4.90 Å². The van der Waals surface area contributed by atoms with Gasteiger partial charge in [-0.2, -0.15) is 4.31 Å². The number of likely N-dealkylation sites (N-methyl/N-ethyl adjacent to an activating group) is 1. The number of aromatic nitrogens is 1. The third kappa shape index (κ3) is 4.87. The van der Waals surface area contributed by atoms with Crippen molar-refractivity contribution in [2.45, 2.75) is 6.54 Å². The smallest absolute Gasteiger partial charge is 0.242 e. The molecule has 1 aromatic heterocycles. The second kappa shape index (κ2) is 7.34. The van der Waals surface area contributed by atoms with Crippen molar-refractivity contribution in [2.75, 3.05) is 24.7 Å². The van der Waals surface area contributed by atoms with Crippen LogP contribution in [-0.2, 0) is 21.4 Å². The van der Waals surface area contributed by atoms with Gasteiger partial charge in [-0.25, -0.2) is 8.42 Å². The zero-order valence-electron chi connectivity index (χ0n) is 13.1. The number of para-hydroxylation sites is 1. The molecule has 6 nitrogen and oxygen atoms in total. The molecule has 0 aliphatic carbocycles. The molecule has 0 unspecified atom stereocenters. The number of carbonyl (C=O) groups excluding carboxylic acids is 1. The number of sulfonamides is 1. The predicted molar refractivity (Wildman–Crippen MR) is 89.3 cm³/mol. The van der Waals surface area contributed by atoms with E-state index in [1.54, 1.807) is 43.7 Å². The van der Waals surface area contributed by atoms with Crippen LogP contribution in [0, 0.1) is 0 Å². The number of anilines is 1. The molecule has 0 N–H and O–H groups in total. The largest absolute Gasteiger partial charge is 0.314 e. The third-order valence-electron chi connectivity index (χ3n) is 3.38. The van der Waals surface area contributed by atoms with E-state index in [1.807, 2.05) is 18.2 Å². The summed E-state index contributed by atoms with van der Waals surface area (Å²) in [5, 5.41) is 0. The fraction of sp³-hybridized carbons (Fsp3) is 0.250. The topological polar surface area (TPSA) is 70.6 Å². The Hall–Kier alpha value is -2.25. The molecule has 0 aliphatic heterocycles. The first-order valence-corrected chi connectivity index (χ1v) is 8.88. The molecule has 1 amide bonds. The standard InChI is InChI=1S/C16H19N3O3S/c1-18(15-8-4-3-5-9-15)16(20)13-19(23(2,21)22)12-14-7-6-10-17-11-14/h3-11H,12-13H2,1-2H3. The maximum atomic E-state index is 12.4. The van der Waals surface area contributed by atoms with Crippen LogP contribution in [0.2, 0.25) is 0 Å². The van der Waals surface area contributed by atoms with Crippen molar-refractivity contribution in [2.24, 2.45) is 0 Å². The molecular formula is C16H19N3O3S.